The third kappa shape index (κ3) is 3.95. The van der Waals surface area contributed by atoms with Gasteiger partial charge in [0.05, 0.1) is 37.1 Å². The molecule has 2 heterocycles. The summed E-state index contributed by atoms with van der Waals surface area (Å²) in [4.78, 5) is 37.2. The summed E-state index contributed by atoms with van der Waals surface area (Å²) in [5.41, 5.74) is -4.28. The number of aliphatic hydroxyl groups is 4. The van der Waals surface area contributed by atoms with Crippen molar-refractivity contribution in [1.29, 1.82) is 0 Å². The summed E-state index contributed by atoms with van der Waals surface area (Å²) in [5.74, 6) is -2.27. The molecule has 41 heavy (non-hydrogen) atoms. The van der Waals surface area contributed by atoms with Crippen molar-refractivity contribution in [2.45, 2.75) is 107 Å². The number of rotatable bonds is 5. The fourth-order valence-corrected chi connectivity index (χ4v) is 10.0. The van der Waals surface area contributed by atoms with Crippen molar-refractivity contribution >= 4 is 18.2 Å². The highest BCUT2D eigenvalue weighted by Crippen LogP contribution is 2.69. The summed E-state index contributed by atoms with van der Waals surface area (Å²) in [7, 11) is 1.18. The Balaban J connectivity index is 1.25. The number of hydrogen-bond acceptors (Lipinski definition) is 11. The Morgan fingerprint density at radius 3 is 2.54 bits per heavy atom. The van der Waals surface area contributed by atoms with Crippen LogP contribution in [-0.2, 0) is 33.3 Å². The van der Waals surface area contributed by atoms with Crippen LogP contribution in [0.1, 0.15) is 65.2 Å². The highest BCUT2D eigenvalue weighted by molar-refractivity contribution is 5.85. The van der Waals surface area contributed by atoms with E-state index in [-0.39, 0.29) is 43.1 Å². The van der Waals surface area contributed by atoms with Crippen molar-refractivity contribution in [1.82, 2.24) is 0 Å². The Kier molecular flexibility index (Phi) is 6.99. The van der Waals surface area contributed by atoms with E-state index < -0.39 is 64.7 Å². The SMILES string of the molecule is COC(=O)C1(O)CC(C)OC1OC1CC2CCC3C(CCC4(C)C(C5=CC(=O)OC5)CC(O)C34O)C2(C=O)CC1O. The molecular weight excluding hydrogens is 536 g/mol. The molecule has 13 unspecified atom stereocenters. The number of fused-ring (bicyclic) bond motifs is 5. The Morgan fingerprint density at radius 2 is 1.88 bits per heavy atom. The van der Waals surface area contributed by atoms with Gasteiger partial charge in [-0.1, -0.05) is 6.92 Å². The molecule has 4 saturated carbocycles. The van der Waals surface area contributed by atoms with Crippen LogP contribution in [0.25, 0.3) is 0 Å². The molecule has 5 fully saturated rings. The summed E-state index contributed by atoms with van der Waals surface area (Å²) in [6.07, 6.45) is 0.868. The van der Waals surface area contributed by atoms with Crippen LogP contribution in [0.3, 0.4) is 0 Å². The van der Waals surface area contributed by atoms with Gasteiger partial charge in [0.15, 0.2) is 6.29 Å². The van der Waals surface area contributed by atoms with E-state index in [9.17, 15) is 34.8 Å². The van der Waals surface area contributed by atoms with Crippen LogP contribution in [0.4, 0.5) is 0 Å². The first-order chi connectivity index (χ1) is 19.3. The van der Waals surface area contributed by atoms with Gasteiger partial charge in [-0.05, 0) is 81.1 Å². The minimum Gasteiger partial charge on any atom is -0.467 e. The number of hydrogen-bond donors (Lipinski definition) is 4. The molecule has 4 N–H and O–H groups in total. The van der Waals surface area contributed by atoms with Crippen LogP contribution in [0.2, 0.25) is 0 Å². The molecule has 0 aromatic heterocycles. The fraction of sp³-hybridized carbons (Fsp3) is 0.833. The average molecular weight is 579 g/mol. The molecule has 2 aliphatic heterocycles. The largest absolute Gasteiger partial charge is 0.467 e. The second kappa shape index (κ2) is 9.82. The lowest BCUT2D eigenvalue weighted by molar-refractivity contribution is -0.266. The number of carbonyl (C=O) groups is 3. The minimum atomic E-state index is -2.00. The molecule has 11 nitrogen and oxygen atoms in total. The molecule has 13 atom stereocenters. The Bertz CT molecular complexity index is 1140. The zero-order valence-electron chi connectivity index (χ0n) is 23.9. The zero-order valence-corrected chi connectivity index (χ0v) is 23.9. The number of aliphatic hydroxyl groups excluding tert-OH is 2. The predicted molar refractivity (Wildman–Crippen MR) is 140 cm³/mol. The molecule has 1 saturated heterocycles. The molecule has 11 heteroatoms. The highest BCUT2D eigenvalue weighted by Gasteiger charge is 2.72. The van der Waals surface area contributed by atoms with Crippen LogP contribution in [0.15, 0.2) is 11.6 Å². The van der Waals surface area contributed by atoms with Gasteiger partial charge >= 0.3 is 11.9 Å². The van der Waals surface area contributed by atoms with E-state index in [1.54, 1.807) is 6.92 Å². The molecule has 6 aliphatic rings. The van der Waals surface area contributed by atoms with Crippen molar-refractivity contribution in [2.75, 3.05) is 13.7 Å². The second-order valence-electron chi connectivity index (χ2n) is 13.7. The fourth-order valence-electron chi connectivity index (χ4n) is 10.0. The molecule has 6 rings (SSSR count). The highest BCUT2D eigenvalue weighted by atomic mass is 16.7. The van der Waals surface area contributed by atoms with Crippen molar-refractivity contribution < 1.29 is 53.8 Å². The van der Waals surface area contributed by atoms with Gasteiger partial charge in [0.25, 0.3) is 0 Å². The molecular formula is C30H42O11. The van der Waals surface area contributed by atoms with Gasteiger partial charge in [-0.3, -0.25) is 0 Å². The number of carbonyl (C=O) groups excluding carboxylic acids is 3. The third-order valence-corrected chi connectivity index (χ3v) is 12.0. The maximum Gasteiger partial charge on any atom is 0.343 e. The van der Waals surface area contributed by atoms with Gasteiger partial charge in [0, 0.05) is 23.3 Å². The van der Waals surface area contributed by atoms with E-state index in [1.807, 2.05) is 6.92 Å². The van der Waals surface area contributed by atoms with E-state index in [0.29, 0.717) is 38.5 Å². The number of esters is 2. The van der Waals surface area contributed by atoms with E-state index >= 15 is 0 Å². The molecule has 0 aromatic rings. The summed E-state index contributed by atoms with van der Waals surface area (Å²) < 4.78 is 21.7. The first kappa shape index (κ1) is 29.2. The van der Waals surface area contributed by atoms with Crippen molar-refractivity contribution in [3.63, 3.8) is 0 Å². The van der Waals surface area contributed by atoms with E-state index in [1.165, 1.54) is 13.2 Å². The van der Waals surface area contributed by atoms with Gasteiger partial charge in [0.1, 0.15) is 12.9 Å². The average Bonchev–Trinajstić information content (AvgIpc) is 3.56. The number of ether oxygens (including phenoxy) is 4. The van der Waals surface area contributed by atoms with E-state index in [2.05, 4.69) is 0 Å². The number of cyclic esters (lactones) is 1. The Labute approximate surface area is 239 Å². The van der Waals surface area contributed by atoms with Crippen molar-refractivity contribution in [2.24, 2.45) is 34.5 Å². The molecule has 0 amide bonds. The molecule has 0 spiro atoms. The molecule has 0 aromatic carbocycles. The van der Waals surface area contributed by atoms with Gasteiger partial charge in [-0.15, -0.1) is 0 Å². The predicted octanol–water partition coefficient (Wildman–Crippen LogP) is 0.788. The first-order valence-electron chi connectivity index (χ1n) is 14.9. The topological polar surface area (TPSA) is 169 Å². The summed E-state index contributed by atoms with van der Waals surface area (Å²) >= 11 is 0. The van der Waals surface area contributed by atoms with Gasteiger partial charge in [0.2, 0.25) is 5.60 Å². The van der Waals surface area contributed by atoms with Crippen LogP contribution >= 0.6 is 0 Å². The van der Waals surface area contributed by atoms with Gasteiger partial charge in [-0.2, -0.15) is 0 Å². The van der Waals surface area contributed by atoms with Gasteiger partial charge in [-0.25, -0.2) is 9.59 Å². The summed E-state index contributed by atoms with van der Waals surface area (Å²) in [6, 6.07) is 0. The molecule has 228 valence electrons. The van der Waals surface area contributed by atoms with Crippen LogP contribution in [0.5, 0.6) is 0 Å². The lowest BCUT2D eigenvalue weighted by atomic mass is 9.42. The number of methoxy groups -OCH3 is 1. The Hall–Kier alpha value is -1.89. The van der Waals surface area contributed by atoms with E-state index in [0.717, 1.165) is 11.9 Å². The summed E-state index contributed by atoms with van der Waals surface area (Å²) in [5, 5.41) is 46.2. The lowest BCUT2D eigenvalue weighted by Gasteiger charge is -2.63. The summed E-state index contributed by atoms with van der Waals surface area (Å²) in [6.45, 7) is 3.86. The Morgan fingerprint density at radius 1 is 1.12 bits per heavy atom. The zero-order chi connectivity index (χ0) is 29.5. The van der Waals surface area contributed by atoms with Crippen LogP contribution in [0, 0.1) is 34.5 Å². The monoisotopic (exact) mass is 578 g/mol. The third-order valence-electron chi connectivity index (χ3n) is 12.0. The van der Waals surface area contributed by atoms with E-state index in [4.69, 9.17) is 18.9 Å². The normalized spacial score (nSPS) is 52.6. The molecule has 4 aliphatic carbocycles. The van der Waals surface area contributed by atoms with Crippen molar-refractivity contribution in [3.8, 4) is 0 Å². The first-order valence-corrected chi connectivity index (χ1v) is 14.9. The molecule has 0 bridgehead atoms. The molecule has 0 radical (unpaired) electrons. The maximum absolute atomic E-state index is 13.0. The van der Waals surface area contributed by atoms with Crippen molar-refractivity contribution in [3.05, 3.63) is 11.6 Å². The maximum atomic E-state index is 13.0. The quantitative estimate of drug-likeness (QED) is 0.269. The van der Waals surface area contributed by atoms with Crippen LogP contribution < -0.4 is 0 Å². The second-order valence-corrected chi connectivity index (χ2v) is 13.7. The smallest absolute Gasteiger partial charge is 0.343 e. The van der Waals surface area contributed by atoms with Gasteiger partial charge < -0.3 is 44.2 Å². The minimum absolute atomic E-state index is 0.00350. The lowest BCUT2D eigenvalue weighted by Crippen LogP contribution is -2.67. The van der Waals surface area contributed by atoms with Crippen LogP contribution in [-0.4, -0.2) is 94.3 Å². The standard InChI is InChI=1S/C30H42O11/c1-15-11-29(36,25(35)38-3)26(40-15)41-22-9-17-4-5-19-18(28(17,14-31)12-21(22)32)6-7-27(2)20(10-23(33)30(19,27)37)16-8-24(34)39-13-16/h8,14-15,17-23,26,32-33,36-37H,4-7,9-13H2,1-3H3. The number of aldehydes is 1.